The van der Waals surface area contributed by atoms with E-state index < -0.39 is 0 Å². The topological polar surface area (TPSA) is 84.0 Å². The van der Waals surface area contributed by atoms with E-state index in [2.05, 4.69) is 22.0 Å². The second-order valence-corrected chi connectivity index (χ2v) is 7.24. The molecule has 0 unspecified atom stereocenters. The number of amides is 1. The van der Waals surface area contributed by atoms with Crippen molar-refractivity contribution >= 4 is 17.6 Å². The van der Waals surface area contributed by atoms with Gasteiger partial charge in [-0.1, -0.05) is 12.1 Å². The first-order valence-electron chi connectivity index (χ1n) is 9.58. The van der Waals surface area contributed by atoms with Gasteiger partial charge in [0.05, 0.1) is 5.56 Å². The molecular weight excluding hydrogens is 330 g/mol. The third kappa shape index (κ3) is 4.65. The van der Waals surface area contributed by atoms with Gasteiger partial charge in [-0.15, -0.1) is 0 Å². The van der Waals surface area contributed by atoms with Crippen molar-refractivity contribution in [3.8, 4) is 0 Å². The van der Waals surface area contributed by atoms with E-state index >= 15 is 0 Å². The summed E-state index contributed by atoms with van der Waals surface area (Å²) < 4.78 is 0. The zero-order chi connectivity index (χ0) is 18.4. The largest absolute Gasteiger partial charge is 0.384 e. The molecule has 2 aliphatic heterocycles. The number of hydrogen-bond acceptors (Lipinski definition) is 5. The van der Waals surface area contributed by atoms with Gasteiger partial charge < -0.3 is 20.4 Å². The highest BCUT2D eigenvalue weighted by Gasteiger charge is 2.21. The van der Waals surface area contributed by atoms with E-state index in [0.29, 0.717) is 5.92 Å². The van der Waals surface area contributed by atoms with Crippen LogP contribution in [0.25, 0.3) is 0 Å². The Kier molecular flexibility index (Phi) is 6.30. The van der Waals surface area contributed by atoms with Crippen LogP contribution in [0.15, 0.2) is 23.5 Å². The number of likely N-dealkylation sites (tertiary alicyclic amines) is 1. The first kappa shape index (κ1) is 18.5. The number of aromatic nitrogens is 1. The van der Waals surface area contributed by atoms with Gasteiger partial charge in [-0.3, -0.25) is 4.79 Å². The van der Waals surface area contributed by atoms with Gasteiger partial charge in [-0.05, 0) is 50.2 Å². The maximum atomic E-state index is 12.2. The molecule has 2 aliphatic rings. The molecule has 2 N–H and O–H groups in total. The number of anilines is 1. The Bertz CT molecular complexity index is 635. The summed E-state index contributed by atoms with van der Waals surface area (Å²) in [7, 11) is 0. The molecule has 142 valence electrons. The lowest BCUT2D eigenvalue weighted by Crippen LogP contribution is -2.39. The normalized spacial score (nSPS) is 19.5. The van der Waals surface area contributed by atoms with Crippen molar-refractivity contribution in [2.24, 2.45) is 16.8 Å². The summed E-state index contributed by atoms with van der Waals surface area (Å²) in [6.45, 7) is 5.69. The Labute approximate surface area is 155 Å². The Balaban J connectivity index is 1.58. The number of carbonyl (C=O) groups excluding carboxylic acids is 1. The van der Waals surface area contributed by atoms with Crippen LogP contribution in [0.1, 0.15) is 44.6 Å². The molecule has 3 heterocycles. The van der Waals surface area contributed by atoms with E-state index in [1.165, 1.54) is 6.42 Å². The highest BCUT2D eigenvalue weighted by Crippen LogP contribution is 2.21. The monoisotopic (exact) mass is 359 g/mol. The van der Waals surface area contributed by atoms with Crippen molar-refractivity contribution in [2.75, 3.05) is 37.7 Å². The number of carbonyl (C=O) groups is 1. The molecule has 2 saturated heterocycles. The first-order valence-corrected chi connectivity index (χ1v) is 9.58. The summed E-state index contributed by atoms with van der Waals surface area (Å²) in [5, 5.41) is 3.98. The van der Waals surface area contributed by atoms with Gasteiger partial charge in [-0.2, -0.15) is 0 Å². The molecule has 0 radical (unpaired) electrons. The van der Waals surface area contributed by atoms with E-state index in [9.17, 15) is 4.79 Å². The molecule has 0 aliphatic carbocycles. The lowest BCUT2D eigenvalue weighted by Gasteiger charge is -2.30. The van der Waals surface area contributed by atoms with Crippen molar-refractivity contribution in [2.45, 2.75) is 39.0 Å². The fourth-order valence-corrected chi connectivity index (χ4v) is 3.51. The molecule has 1 aromatic heterocycles. The summed E-state index contributed by atoms with van der Waals surface area (Å²) in [4.78, 5) is 26.0. The standard InChI is InChI=1S/C19H29N5O2/c1-15-7-12-23(13-8-15)17(25)14-26-22-18(20)16-6-5-9-21-19(16)24-10-3-2-4-11-24/h5-6,9,15H,2-4,7-8,10-14H2,1H3,(H2,20,22). The van der Waals surface area contributed by atoms with E-state index in [4.69, 9.17) is 10.6 Å². The maximum Gasteiger partial charge on any atom is 0.263 e. The van der Waals surface area contributed by atoms with Gasteiger partial charge in [0.2, 0.25) is 0 Å². The average Bonchev–Trinajstić information content (AvgIpc) is 2.69. The van der Waals surface area contributed by atoms with Crippen LogP contribution in [0.2, 0.25) is 0 Å². The smallest absolute Gasteiger partial charge is 0.263 e. The van der Waals surface area contributed by atoms with Gasteiger partial charge >= 0.3 is 0 Å². The quantitative estimate of drug-likeness (QED) is 0.494. The zero-order valence-electron chi connectivity index (χ0n) is 15.6. The van der Waals surface area contributed by atoms with Gasteiger partial charge in [0.15, 0.2) is 12.4 Å². The van der Waals surface area contributed by atoms with Crippen LogP contribution in [0.5, 0.6) is 0 Å². The average molecular weight is 359 g/mol. The number of nitrogens with two attached hydrogens (primary N) is 1. The minimum atomic E-state index is -0.0750. The fourth-order valence-electron chi connectivity index (χ4n) is 3.51. The molecule has 7 nitrogen and oxygen atoms in total. The Hall–Kier alpha value is -2.31. The summed E-state index contributed by atoms with van der Waals surface area (Å²) in [5.41, 5.74) is 6.88. The van der Waals surface area contributed by atoms with Gasteiger partial charge in [-0.25, -0.2) is 4.98 Å². The zero-order valence-corrected chi connectivity index (χ0v) is 15.6. The number of hydrogen-bond donors (Lipinski definition) is 1. The number of piperidine rings is 2. The van der Waals surface area contributed by atoms with E-state index in [0.717, 1.165) is 63.2 Å². The third-order valence-electron chi connectivity index (χ3n) is 5.21. The third-order valence-corrected chi connectivity index (χ3v) is 5.21. The second-order valence-electron chi connectivity index (χ2n) is 7.24. The van der Waals surface area contributed by atoms with Crippen molar-refractivity contribution < 1.29 is 9.63 Å². The molecule has 26 heavy (non-hydrogen) atoms. The summed E-state index contributed by atoms with van der Waals surface area (Å²) in [6.07, 6.45) is 7.43. The summed E-state index contributed by atoms with van der Waals surface area (Å²) >= 11 is 0. The predicted octanol–water partition coefficient (Wildman–Crippen LogP) is 1.97. The number of nitrogens with zero attached hydrogens (tertiary/aromatic N) is 4. The second kappa shape index (κ2) is 8.87. The maximum absolute atomic E-state index is 12.2. The van der Waals surface area contributed by atoms with Crippen molar-refractivity contribution in [3.05, 3.63) is 23.9 Å². The van der Waals surface area contributed by atoms with E-state index in [1.807, 2.05) is 17.0 Å². The molecule has 0 saturated carbocycles. The lowest BCUT2D eigenvalue weighted by atomic mass is 9.99. The van der Waals surface area contributed by atoms with Gasteiger partial charge in [0.25, 0.3) is 5.91 Å². The minimum Gasteiger partial charge on any atom is -0.384 e. The molecule has 1 amide bonds. The van der Waals surface area contributed by atoms with Crippen LogP contribution in [-0.2, 0) is 9.63 Å². The number of rotatable bonds is 5. The van der Waals surface area contributed by atoms with Gasteiger partial charge in [0.1, 0.15) is 5.82 Å². The number of pyridine rings is 1. The van der Waals surface area contributed by atoms with E-state index in [1.54, 1.807) is 6.20 Å². The van der Waals surface area contributed by atoms with Crippen LogP contribution in [-0.4, -0.2) is 54.4 Å². The van der Waals surface area contributed by atoms with Crippen LogP contribution in [0.3, 0.4) is 0 Å². The Morgan fingerprint density at radius 2 is 2.00 bits per heavy atom. The Morgan fingerprint density at radius 1 is 1.27 bits per heavy atom. The fraction of sp³-hybridized carbons (Fsp3) is 0.632. The summed E-state index contributed by atoms with van der Waals surface area (Å²) in [6, 6.07) is 3.73. The highest BCUT2D eigenvalue weighted by molar-refractivity contribution is 6.01. The lowest BCUT2D eigenvalue weighted by molar-refractivity contribution is -0.137. The molecule has 7 heteroatoms. The molecule has 0 aromatic carbocycles. The molecule has 3 rings (SSSR count). The molecule has 0 atom stereocenters. The van der Waals surface area contributed by atoms with Crippen LogP contribution in [0.4, 0.5) is 5.82 Å². The molecule has 0 spiro atoms. The highest BCUT2D eigenvalue weighted by atomic mass is 16.6. The summed E-state index contributed by atoms with van der Waals surface area (Å²) in [5.74, 6) is 1.76. The van der Waals surface area contributed by atoms with Crippen LogP contribution < -0.4 is 10.6 Å². The van der Waals surface area contributed by atoms with E-state index in [-0.39, 0.29) is 18.3 Å². The molecule has 0 bridgehead atoms. The van der Waals surface area contributed by atoms with Crippen molar-refractivity contribution in [3.63, 3.8) is 0 Å². The number of amidine groups is 1. The van der Waals surface area contributed by atoms with Gasteiger partial charge in [0, 0.05) is 32.4 Å². The predicted molar refractivity (Wildman–Crippen MR) is 102 cm³/mol. The molecular formula is C19H29N5O2. The number of oxime groups is 1. The van der Waals surface area contributed by atoms with Crippen molar-refractivity contribution in [1.82, 2.24) is 9.88 Å². The van der Waals surface area contributed by atoms with Crippen molar-refractivity contribution in [1.29, 1.82) is 0 Å². The van der Waals surface area contributed by atoms with Crippen LogP contribution in [0, 0.1) is 5.92 Å². The minimum absolute atomic E-state index is 0.0316. The molecule has 2 fully saturated rings. The van der Waals surface area contributed by atoms with Crippen LogP contribution >= 0.6 is 0 Å². The SMILES string of the molecule is CC1CCN(C(=O)CON=C(N)c2cccnc2N2CCCCC2)CC1. The first-order chi connectivity index (χ1) is 12.6. The Morgan fingerprint density at radius 3 is 2.73 bits per heavy atom. The molecule has 1 aromatic rings.